The molecule has 0 N–H and O–H groups in total. The number of hydrogen-bond donors (Lipinski definition) is 0. The zero-order valence-corrected chi connectivity index (χ0v) is 12.5. The normalized spacial score (nSPS) is 24.1. The van der Waals surface area contributed by atoms with E-state index in [9.17, 15) is 4.79 Å². The fourth-order valence-corrected chi connectivity index (χ4v) is 3.24. The first-order chi connectivity index (χ1) is 8.77. The van der Waals surface area contributed by atoms with E-state index in [4.69, 9.17) is 0 Å². The molecule has 0 bridgehead atoms. The molecule has 1 nitrogen and oxygen atoms in total. The molecule has 0 aromatic carbocycles. The highest BCUT2D eigenvalue weighted by molar-refractivity contribution is 5.81. The minimum Gasteiger partial charge on any atom is -0.299 e. The molecule has 0 aliphatic heterocycles. The summed E-state index contributed by atoms with van der Waals surface area (Å²) < 4.78 is 0. The van der Waals surface area contributed by atoms with Gasteiger partial charge in [-0.2, -0.15) is 0 Å². The van der Waals surface area contributed by atoms with Crippen molar-refractivity contribution < 1.29 is 4.79 Å². The van der Waals surface area contributed by atoms with Gasteiger partial charge in [0.05, 0.1) is 0 Å². The van der Waals surface area contributed by atoms with Crippen LogP contribution < -0.4 is 0 Å². The molecule has 1 saturated carbocycles. The van der Waals surface area contributed by atoms with Crippen LogP contribution in [-0.2, 0) is 4.79 Å². The van der Waals surface area contributed by atoms with Crippen LogP contribution in [0.5, 0.6) is 0 Å². The maximum atomic E-state index is 12.1. The van der Waals surface area contributed by atoms with Gasteiger partial charge in [0.15, 0.2) is 0 Å². The monoisotopic (exact) mass is 252 g/mol. The summed E-state index contributed by atoms with van der Waals surface area (Å²) in [7, 11) is 0. The lowest BCUT2D eigenvalue weighted by Gasteiger charge is -2.27. The number of ketones is 1. The minimum atomic E-state index is 0.416. The van der Waals surface area contributed by atoms with Crippen molar-refractivity contribution in [1.29, 1.82) is 0 Å². The van der Waals surface area contributed by atoms with Crippen molar-refractivity contribution in [2.45, 2.75) is 90.9 Å². The molecule has 0 aromatic rings. The molecular weight excluding hydrogens is 220 g/mol. The Balaban J connectivity index is 2.08. The molecule has 1 aliphatic rings. The van der Waals surface area contributed by atoms with E-state index in [0.29, 0.717) is 11.7 Å². The van der Waals surface area contributed by atoms with E-state index in [1.54, 1.807) is 0 Å². The number of rotatable bonds is 9. The van der Waals surface area contributed by atoms with Gasteiger partial charge in [-0.05, 0) is 25.2 Å². The fourth-order valence-electron chi connectivity index (χ4n) is 3.24. The summed E-state index contributed by atoms with van der Waals surface area (Å²) in [5.74, 6) is 1.82. The second kappa shape index (κ2) is 9.58. The highest BCUT2D eigenvalue weighted by Gasteiger charge is 2.25. The van der Waals surface area contributed by atoms with Crippen LogP contribution in [0, 0.1) is 11.8 Å². The third-order valence-corrected chi connectivity index (χ3v) is 4.59. The molecule has 18 heavy (non-hydrogen) atoms. The molecule has 2 unspecified atom stereocenters. The summed E-state index contributed by atoms with van der Waals surface area (Å²) in [5, 5.41) is 0. The molecule has 1 heteroatoms. The maximum Gasteiger partial charge on any atom is 0.135 e. The van der Waals surface area contributed by atoms with Gasteiger partial charge in [0, 0.05) is 12.3 Å². The van der Waals surface area contributed by atoms with Gasteiger partial charge < -0.3 is 0 Å². The fraction of sp³-hybridized carbons (Fsp3) is 0.941. The SMILES string of the molecule is CCCCCCCCC(=O)C1CCCC(CC)C1. The van der Waals surface area contributed by atoms with Crippen LogP contribution in [0.2, 0.25) is 0 Å². The van der Waals surface area contributed by atoms with Gasteiger partial charge >= 0.3 is 0 Å². The Morgan fingerprint density at radius 1 is 1.00 bits per heavy atom. The molecule has 0 saturated heterocycles. The molecule has 0 radical (unpaired) electrons. The standard InChI is InChI=1S/C17H32O/c1-3-5-6-7-8-9-13-17(18)16-12-10-11-15(4-2)14-16/h15-16H,3-14H2,1-2H3. The Bertz CT molecular complexity index is 222. The van der Waals surface area contributed by atoms with Crippen LogP contribution in [0.3, 0.4) is 0 Å². The van der Waals surface area contributed by atoms with Crippen LogP contribution in [-0.4, -0.2) is 5.78 Å². The largest absolute Gasteiger partial charge is 0.299 e. The minimum absolute atomic E-state index is 0.416. The Morgan fingerprint density at radius 3 is 2.44 bits per heavy atom. The van der Waals surface area contributed by atoms with E-state index in [2.05, 4.69) is 13.8 Å². The van der Waals surface area contributed by atoms with Crippen LogP contribution >= 0.6 is 0 Å². The molecule has 2 atom stereocenters. The zero-order valence-electron chi connectivity index (χ0n) is 12.5. The molecule has 106 valence electrons. The van der Waals surface area contributed by atoms with E-state index in [-0.39, 0.29) is 0 Å². The number of Topliss-reactive ketones (excluding diaryl/α,β-unsaturated/α-hetero) is 1. The lowest BCUT2D eigenvalue weighted by Crippen LogP contribution is -2.22. The van der Waals surface area contributed by atoms with Crippen LogP contribution in [0.1, 0.15) is 90.9 Å². The van der Waals surface area contributed by atoms with Crippen molar-refractivity contribution in [3.63, 3.8) is 0 Å². The topological polar surface area (TPSA) is 17.1 Å². The molecule has 0 aromatic heterocycles. The first-order valence-corrected chi connectivity index (χ1v) is 8.30. The highest BCUT2D eigenvalue weighted by Crippen LogP contribution is 2.32. The summed E-state index contributed by atoms with van der Waals surface area (Å²) in [5.41, 5.74) is 0. The predicted molar refractivity (Wildman–Crippen MR) is 78.7 cm³/mol. The summed E-state index contributed by atoms with van der Waals surface area (Å²) in [6.07, 6.45) is 14.8. The van der Waals surface area contributed by atoms with Gasteiger partial charge in [0.1, 0.15) is 5.78 Å². The van der Waals surface area contributed by atoms with E-state index in [1.807, 2.05) is 0 Å². The summed E-state index contributed by atoms with van der Waals surface area (Å²) in [4.78, 5) is 12.1. The summed E-state index contributed by atoms with van der Waals surface area (Å²) in [6.45, 7) is 4.52. The van der Waals surface area contributed by atoms with Crippen LogP contribution in [0.15, 0.2) is 0 Å². The highest BCUT2D eigenvalue weighted by atomic mass is 16.1. The molecule has 1 aliphatic carbocycles. The first-order valence-electron chi connectivity index (χ1n) is 8.30. The molecule has 0 amide bonds. The number of carbonyl (C=O) groups excluding carboxylic acids is 1. The molecule has 0 spiro atoms. The number of hydrogen-bond acceptors (Lipinski definition) is 1. The van der Waals surface area contributed by atoms with E-state index in [0.717, 1.165) is 18.8 Å². The lowest BCUT2D eigenvalue weighted by molar-refractivity contribution is -0.124. The number of unbranched alkanes of at least 4 members (excludes halogenated alkanes) is 5. The van der Waals surface area contributed by atoms with Gasteiger partial charge in [0.2, 0.25) is 0 Å². The van der Waals surface area contributed by atoms with Crippen molar-refractivity contribution in [3.05, 3.63) is 0 Å². The van der Waals surface area contributed by atoms with Gasteiger partial charge in [-0.3, -0.25) is 4.79 Å². The quantitative estimate of drug-likeness (QED) is 0.494. The van der Waals surface area contributed by atoms with Gasteiger partial charge in [-0.25, -0.2) is 0 Å². The average molecular weight is 252 g/mol. The molecular formula is C17H32O. The zero-order chi connectivity index (χ0) is 13.2. The van der Waals surface area contributed by atoms with E-state index < -0.39 is 0 Å². The second-order valence-corrected chi connectivity index (χ2v) is 6.12. The predicted octanol–water partition coefficient (Wildman–Crippen LogP) is 5.52. The van der Waals surface area contributed by atoms with E-state index >= 15 is 0 Å². The molecule has 0 heterocycles. The summed E-state index contributed by atoms with van der Waals surface area (Å²) >= 11 is 0. The van der Waals surface area contributed by atoms with Gasteiger partial charge in [-0.15, -0.1) is 0 Å². The Labute approximate surface area is 114 Å². The maximum absolute atomic E-state index is 12.1. The second-order valence-electron chi connectivity index (χ2n) is 6.12. The van der Waals surface area contributed by atoms with Gasteiger partial charge in [-0.1, -0.05) is 65.2 Å². The van der Waals surface area contributed by atoms with Crippen molar-refractivity contribution in [3.8, 4) is 0 Å². The van der Waals surface area contributed by atoms with Gasteiger partial charge in [0.25, 0.3) is 0 Å². The van der Waals surface area contributed by atoms with Crippen molar-refractivity contribution in [2.75, 3.05) is 0 Å². The number of carbonyl (C=O) groups is 1. The third-order valence-electron chi connectivity index (χ3n) is 4.59. The first kappa shape index (κ1) is 15.7. The van der Waals surface area contributed by atoms with Crippen molar-refractivity contribution >= 4 is 5.78 Å². The Morgan fingerprint density at radius 2 is 1.72 bits per heavy atom. The van der Waals surface area contributed by atoms with E-state index in [1.165, 1.54) is 64.2 Å². The van der Waals surface area contributed by atoms with Crippen molar-refractivity contribution in [1.82, 2.24) is 0 Å². The third kappa shape index (κ3) is 6.02. The lowest BCUT2D eigenvalue weighted by atomic mass is 9.77. The smallest absolute Gasteiger partial charge is 0.135 e. The average Bonchev–Trinajstić information content (AvgIpc) is 2.42. The molecule has 1 fully saturated rings. The molecule has 1 rings (SSSR count). The Hall–Kier alpha value is -0.330. The van der Waals surface area contributed by atoms with Crippen molar-refractivity contribution in [2.24, 2.45) is 11.8 Å². The Kier molecular flexibility index (Phi) is 8.37. The van der Waals surface area contributed by atoms with Crippen LogP contribution in [0.4, 0.5) is 0 Å². The summed E-state index contributed by atoms with van der Waals surface area (Å²) in [6, 6.07) is 0. The van der Waals surface area contributed by atoms with Crippen LogP contribution in [0.25, 0.3) is 0 Å².